The molecule has 0 saturated heterocycles. The van der Waals surface area contributed by atoms with Crippen molar-refractivity contribution >= 4 is 40.1 Å². The van der Waals surface area contributed by atoms with Crippen LogP contribution >= 0.6 is 22.6 Å². The Labute approximate surface area is 210 Å². The average Bonchev–Trinajstić information content (AvgIpc) is 2.72. The Morgan fingerprint density at radius 1 is 1.18 bits per heavy atom. The fraction of sp³-hybridized carbons (Fsp3) is 0.522. The molecule has 0 heterocycles. The van der Waals surface area contributed by atoms with Gasteiger partial charge >= 0.3 is 0 Å². The lowest BCUT2D eigenvalue weighted by molar-refractivity contribution is -0.154. The van der Waals surface area contributed by atoms with Crippen LogP contribution in [0.4, 0.5) is 0 Å². The first-order valence-electron chi connectivity index (χ1n) is 10.8. The summed E-state index contributed by atoms with van der Waals surface area (Å²) in [6.07, 6.45) is 1.18. The summed E-state index contributed by atoms with van der Waals surface area (Å²) in [7, 11) is 6.83. The number of carbonyl (C=O) groups is 3. The third-order valence-corrected chi connectivity index (χ3v) is 8.40. The molecule has 6 atom stereocenters. The number of nitrogens with two attached hydrogens (primary N) is 1. The number of aliphatic hydroxyl groups is 4. The number of ketones is 2. The monoisotopic (exact) mass is 585 g/mol. The number of amides is 1. The van der Waals surface area contributed by atoms with Crippen LogP contribution < -0.4 is 5.73 Å². The highest BCUT2D eigenvalue weighted by atomic mass is 127. The smallest absolute Gasteiger partial charge is 0.255 e. The number of nitrogens with zero attached hydrogens (tertiary/aromatic N) is 2. The van der Waals surface area contributed by atoms with Crippen molar-refractivity contribution in [3.63, 3.8) is 0 Å². The van der Waals surface area contributed by atoms with E-state index in [1.807, 2.05) is 47.7 Å². The Kier molecular flexibility index (Phi) is 5.99. The number of fused-ring (bicyclic) bond motifs is 2. The van der Waals surface area contributed by atoms with Gasteiger partial charge < -0.3 is 31.1 Å². The Balaban J connectivity index is 1.95. The first kappa shape index (κ1) is 24.9. The molecule has 1 saturated carbocycles. The number of hydrogen-bond acceptors (Lipinski definition) is 9. The van der Waals surface area contributed by atoms with E-state index in [9.17, 15) is 34.8 Å². The second-order valence-corrected chi connectivity index (χ2v) is 11.1. The normalized spacial score (nSPS) is 35.8. The van der Waals surface area contributed by atoms with Crippen LogP contribution in [0.1, 0.15) is 12.8 Å². The standard InChI is InChI=1S/C23H28IN3O7/c1-26(2)12-7-11(24)17(28)14-9(12)5-8-6-10-16(27(3)4)19(30)15(22(25)33)21(32)23(10,34)20(31)13(8)18(14)29/h7-8,10-11,16-17,28-29,32,34H,5-6H2,1-4H3,(H2,25,33)/t8?,10?,11?,16-,17?,23?/m1/s1. The molecule has 0 aromatic rings. The molecule has 1 fully saturated rings. The number of halogens is 1. The zero-order valence-corrected chi connectivity index (χ0v) is 21.4. The topological polar surface area (TPSA) is 165 Å². The van der Waals surface area contributed by atoms with E-state index >= 15 is 0 Å². The highest BCUT2D eigenvalue weighted by molar-refractivity contribution is 14.1. The predicted octanol–water partition coefficient (Wildman–Crippen LogP) is -0.131. The fourth-order valence-electron chi connectivity index (χ4n) is 5.88. The minimum absolute atomic E-state index is 0.0770. The molecule has 10 nitrogen and oxygen atoms in total. The van der Waals surface area contributed by atoms with Crippen molar-refractivity contribution in [1.82, 2.24) is 9.80 Å². The molecule has 0 bridgehead atoms. The number of likely N-dealkylation sites (N-methyl/N-ethyl adjacent to an activating group) is 2. The first-order chi connectivity index (χ1) is 15.7. The van der Waals surface area contributed by atoms with Crippen molar-refractivity contribution in [2.45, 2.75) is 34.5 Å². The van der Waals surface area contributed by atoms with Crippen molar-refractivity contribution in [1.29, 1.82) is 0 Å². The summed E-state index contributed by atoms with van der Waals surface area (Å²) in [5, 5.41) is 44.6. The van der Waals surface area contributed by atoms with Gasteiger partial charge in [0.1, 0.15) is 17.1 Å². The zero-order chi connectivity index (χ0) is 25.4. The lowest BCUT2D eigenvalue weighted by atomic mass is 9.57. The van der Waals surface area contributed by atoms with E-state index in [4.69, 9.17) is 5.73 Å². The number of hydrogen-bond donors (Lipinski definition) is 5. The highest BCUT2D eigenvalue weighted by Crippen LogP contribution is 2.54. The Bertz CT molecular complexity index is 1140. The van der Waals surface area contributed by atoms with Gasteiger partial charge in [0.25, 0.3) is 5.91 Å². The maximum atomic E-state index is 13.8. The lowest BCUT2D eigenvalue weighted by Gasteiger charge is -2.51. The molecule has 0 aromatic heterocycles. The third-order valence-electron chi connectivity index (χ3n) is 7.36. The summed E-state index contributed by atoms with van der Waals surface area (Å²) < 4.78 is -0.372. The van der Waals surface area contributed by atoms with E-state index in [0.717, 1.165) is 5.70 Å². The molecule has 0 aromatic carbocycles. The summed E-state index contributed by atoms with van der Waals surface area (Å²) >= 11 is 2.04. The molecule has 0 radical (unpaired) electrons. The van der Waals surface area contributed by atoms with E-state index in [0.29, 0.717) is 12.0 Å². The van der Waals surface area contributed by atoms with Gasteiger partial charge in [0, 0.05) is 36.9 Å². The Morgan fingerprint density at radius 3 is 2.32 bits per heavy atom. The van der Waals surface area contributed by atoms with E-state index in [2.05, 4.69) is 0 Å². The maximum Gasteiger partial charge on any atom is 0.255 e. The molecule has 4 aliphatic rings. The molecule has 0 aliphatic heterocycles. The number of alkyl halides is 1. The lowest BCUT2D eigenvalue weighted by Crippen LogP contribution is -2.65. The minimum Gasteiger partial charge on any atom is -0.508 e. The first-order valence-corrected chi connectivity index (χ1v) is 12.1. The number of Topliss-reactive ketones (excluding diaryl/α,β-unsaturated/α-hetero) is 2. The number of aliphatic hydroxyl groups excluding tert-OH is 3. The van der Waals surface area contributed by atoms with Crippen LogP contribution in [0.5, 0.6) is 0 Å². The van der Waals surface area contributed by atoms with Crippen molar-refractivity contribution in [2.24, 2.45) is 17.6 Å². The number of allylic oxidation sites excluding steroid dienone is 1. The van der Waals surface area contributed by atoms with Crippen molar-refractivity contribution in [3.05, 3.63) is 45.6 Å². The molecule has 1 amide bonds. The molecule has 0 spiro atoms. The van der Waals surface area contributed by atoms with E-state index in [-0.39, 0.29) is 21.5 Å². The molecule has 34 heavy (non-hydrogen) atoms. The van der Waals surface area contributed by atoms with Crippen LogP contribution in [0.2, 0.25) is 0 Å². The second kappa shape index (κ2) is 8.18. The van der Waals surface area contributed by atoms with Crippen LogP contribution in [0, 0.1) is 11.8 Å². The van der Waals surface area contributed by atoms with Gasteiger partial charge in [0.2, 0.25) is 5.78 Å². The van der Waals surface area contributed by atoms with Crippen LogP contribution in [0.25, 0.3) is 0 Å². The number of carbonyl (C=O) groups excluding carboxylic acids is 3. The predicted molar refractivity (Wildman–Crippen MR) is 130 cm³/mol. The average molecular weight is 585 g/mol. The summed E-state index contributed by atoms with van der Waals surface area (Å²) in [6, 6.07) is -1.09. The van der Waals surface area contributed by atoms with E-state index < -0.39 is 64.1 Å². The SMILES string of the molecule is CN(C)C1=CC(I)C(O)C2=C1CC1CC3[C@@H](N(C)C)C(=O)C(C(N)=O)=C(O)C3(O)C(=O)C1=C2O. The summed E-state index contributed by atoms with van der Waals surface area (Å²) in [5.74, 6) is -6.17. The highest BCUT2D eigenvalue weighted by Gasteiger charge is 2.64. The van der Waals surface area contributed by atoms with Crippen LogP contribution in [-0.4, -0.2) is 97.6 Å². The maximum absolute atomic E-state index is 13.8. The van der Waals surface area contributed by atoms with Crippen LogP contribution in [0.15, 0.2) is 45.6 Å². The van der Waals surface area contributed by atoms with Gasteiger partial charge in [-0.2, -0.15) is 0 Å². The van der Waals surface area contributed by atoms with Gasteiger partial charge in [-0.1, -0.05) is 22.6 Å². The molecular formula is C23H28IN3O7. The number of primary amides is 1. The van der Waals surface area contributed by atoms with Gasteiger partial charge in [0.05, 0.1) is 16.1 Å². The van der Waals surface area contributed by atoms with E-state index in [1.165, 1.54) is 4.90 Å². The molecule has 184 valence electrons. The van der Waals surface area contributed by atoms with Gasteiger partial charge in [-0.25, -0.2) is 0 Å². The Hall–Kier alpha value is -2.22. The molecule has 4 rings (SSSR count). The van der Waals surface area contributed by atoms with Crippen LogP contribution in [-0.2, 0) is 14.4 Å². The molecule has 6 N–H and O–H groups in total. The largest absolute Gasteiger partial charge is 0.508 e. The van der Waals surface area contributed by atoms with Crippen molar-refractivity contribution in [3.8, 4) is 0 Å². The minimum atomic E-state index is -2.62. The van der Waals surface area contributed by atoms with Crippen molar-refractivity contribution in [2.75, 3.05) is 28.2 Å². The summed E-state index contributed by atoms with van der Waals surface area (Å²) in [4.78, 5) is 42.2. The van der Waals surface area contributed by atoms with Crippen LogP contribution in [0.3, 0.4) is 0 Å². The molecule has 5 unspecified atom stereocenters. The summed E-state index contributed by atoms with van der Waals surface area (Å²) in [5.41, 5.74) is 3.48. The molecule has 4 aliphatic carbocycles. The third kappa shape index (κ3) is 3.20. The Morgan fingerprint density at radius 2 is 1.79 bits per heavy atom. The van der Waals surface area contributed by atoms with Gasteiger partial charge in [-0.05, 0) is 44.5 Å². The van der Waals surface area contributed by atoms with Gasteiger partial charge in [-0.3, -0.25) is 19.3 Å². The zero-order valence-electron chi connectivity index (χ0n) is 19.2. The van der Waals surface area contributed by atoms with E-state index in [1.54, 1.807) is 14.1 Å². The van der Waals surface area contributed by atoms with Gasteiger partial charge in [0.15, 0.2) is 11.4 Å². The molecule has 11 heteroatoms. The summed E-state index contributed by atoms with van der Waals surface area (Å²) in [6.45, 7) is 0. The van der Waals surface area contributed by atoms with Gasteiger partial charge in [-0.15, -0.1) is 0 Å². The second-order valence-electron chi connectivity index (χ2n) is 9.69. The molecular weight excluding hydrogens is 557 g/mol. The fourth-order valence-corrected chi connectivity index (χ4v) is 6.58. The number of rotatable bonds is 3. The quantitative estimate of drug-likeness (QED) is 0.172. The van der Waals surface area contributed by atoms with Crippen molar-refractivity contribution < 1.29 is 34.8 Å².